The van der Waals surface area contributed by atoms with Crippen LogP contribution in [0.4, 0.5) is 0 Å². The van der Waals surface area contributed by atoms with Gasteiger partial charge in [-0.2, -0.15) is 0 Å². The van der Waals surface area contributed by atoms with Crippen LogP contribution in [0.15, 0.2) is 170 Å². The molecule has 0 fully saturated rings. The van der Waals surface area contributed by atoms with E-state index in [0.717, 1.165) is 39.4 Å². The number of nitrogens with zero attached hydrogens (tertiary/aromatic N) is 4. The van der Waals surface area contributed by atoms with Crippen LogP contribution in [0, 0.1) is 0 Å². The fourth-order valence-corrected chi connectivity index (χ4v) is 7.41. The van der Waals surface area contributed by atoms with Gasteiger partial charge in [0.1, 0.15) is 5.82 Å². The molecule has 6 aromatic carbocycles. The molecule has 0 radical (unpaired) electrons. The van der Waals surface area contributed by atoms with Gasteiger partial charge in [0.2, 0.25) is 0 Å². The molecule has 220 valence electrons. The van der Waals surface area contributed by atoms with E-state index in [4.69, 9.17) is 4.98 Å². The van der Waals surface area contributed by atoms with Crippen LogP contribution in [-0.2, 0) is 0 Å². The van der Waals surface area contributed by atoms with Crippen LogP contribution in [0.2, 0.25) is 0 Å². The Kier molecular flexibility index (Phi) is 5.54. The monoisotopic (exact) mass is 600 g/mol. The lowest BCUT2D eigenvalue weighted by molar-refractivity contribution is 1.08. The number of hydrogen-bond donors (Lipinski definition) is 0. The van der Waals surface area contributed by atoms with Crippen molar-refractivity contribution in [2.45, 2.75) is 0 Å². The second kappa shape index (κ2) is 10.1. The molecule has 4 nitrogen and oxygen atoms in total. The Morgan fingerprint density at radius 2 is 1.06 bits per heavy atom. The zero-order chi connectivity index (χ0) is 30.9. The highest BCUT2D eigenvalue weighted by molar-refractivity contribution is 6.23. The third-order valence-corrected chi connectivity index (χ3v) is 9.52. The Hall–Kier alpha value is -6.39. The third kappa shape index (κ3) is 3.85. The number of pyridine rings is 1. The van der Waals surface area contributed by atoms with Crippen LogP contribution >= 0.6 is 0 Å². The zero-order valence-corrected chi connectivity index (χ0v) is 25.5. The Bertz CT molecular complexity index is 2750. The standard InChI is InChI=1S/C43H28N4/c1-4-12-29(13-5-1)30-20-23-42(44-28-30)47-39-19-11-10-18-33(39)36-26-37-34-21-22-38-35(24-25-45(38)31-14-6-2-7-15-31)43(34)46(40(37)27-41(36)47)32-16-8-3-9-17-32/h1-28H. The minimum Gasteiger partial charge on any atom is -0.316 e. The van der Waals surface area contributed by atoms with E-state index in [0.29, 0.717) is 0 Å². The van der Waals surface area contributed by atoms with E-state index in [-0.39, 0.29) is 0 Å². The SMILES string of the molecule is c1ccc(-c2ccc(-n3c4ccccc4c4cc5c6ccc7c(ccn7-c7ccccc7)c6n(-c6ccccc6)c5cc43)nc2)cc1. The lowest BCUT2D eigenvalue weighted by Gasteiger charge is -2.11. The minimum atomic E-state index is 0.903. The van der Waals surface area contributed by atoms with Crippen LogP contribution in [0.25, 0.3) is 82.8 Å². The molecular formula is C43H28N4. The van der Waals surface area contributed by atoms with E-state index in [2.05, 4.69) is 172 Å². The van der Waals surface area contributed by atoms with E-state index in [1.807, 2.05) is 12.3 Å². The maximum Gasteiger partial charge on any atom is 0.137 e. The predicted octanol–water partition coefficient (Wildman–Crippen LogP) is 10.9. The van der Waals surface area contributed by atoms with Crippen molar-refractivity contribution in [2.24, 2.45) is 0 Å². The molecule has 0 aliphatic carbocycles. The molecule has 4 heterocycles. The highest BCUT2D eigenvalue weighted by atomic mass is 15.1. The van der Waals surface area contributed by atoms with Crippen molar-refractivity contribution < 1.29 is 0 Å². The van der Waals surface area contributed by atoms with Crippen molar-refractivity contribution in [2.75, 3.05) is 0 Å². The molecule has 0 bridgehead atoms. The molecule has 10 rings (SSSR count). The van der Waals surface area contributed by atoms with Crippen molar-refractivity contribution in [1.29, 1.82) is 0 Å². The Balaban J connectivity index is 1.29. The summed E-state index contributed by atoms with van der Waals surface area (Å²) in [7, 11) is 0. The smallest absolute Gasteiger partial charge is 0.137 e. The van der Waals surface area contributed by atoms with E-state index in [9.17, 15) is 0 Å². The largest absolute Gasteiger partial charge is 0.316 e. The van der Waals surface area contributed by atoms with Gasteiger partial charge in [-0.3, -0.25) is 4.57 Å². The molecule has 0 aliphatic rings. The number of benzene rings is 6. The van der Waals surface area contributed by atoms with Crippen molar-refractivity contribution >= 4 is 54.5 Å². The number of aromatic nitrogens is 4. The van der Waals surface area contributed by atoms with Crippen molar-refractivity contribution in [1.82, 2.24) is 18.7 Å². The van der Waals surface area contributed by atoms with Crippen LogP contribution in [0.3, 0.4) is 0 Å². The van der Waals surface area contributed by atoms with Crippen molar-refractivity contribution in [3.05, 3.63) is 170 Å². The highest BCUT2D eigenvalue weighted by Crippen LogP contribution is 2.42. The lowest BCUT2D eigenvalue weighted by Crippen LogP contribution is -1.98. The number of rotatable bonds is 4. The summed E-state index contributed by atoms with van der Waals surface area (Å²) in [5.74, 6) is 0.903. The first-order valence-corrected chi connectivity index (χ1v) is 16.0. The predicted molar refractivity (Wildman–Crippen MR) is 195 cm³/mol. The zero-order valence-electron chi connectivity index (χ0n) is 25.5. The first-order valence-electron chi connectivity index (χ1n) is 16.0. The molecule has 0 saturated heterocycles. The van der Waals surface area contributed by atoms with Crippen molar-refractivity contribution in [3.8, 4) is 28.3 Å². The lowest BCUT2D eigenvalue weighted by atomic mass is 10.1. The molecule has 4 heteroatoms. The first kappa shape index (κ1) is 25.9. The van der Waals surface area contributed by atoms with Gasteiger partial charge in [0.05, 0.1) is 27.6 Å². The Labute approximate surface area is 271 Å². The van der Waals surface area contributed by atoms with Gasteiger partial charge in [0.15, 0.2) is 0 Å². The summed E-state index contributed by atoms with van der Waals surface area (Å²) < 4.78 is 7.04. The van der Waals surface area contributed by atoms with Gasteiger partial charge in [-0.15, -0.1) is 0 Å². The summed E-state index contributed by atoms with van der Waals surface area (Å²) in [5, 5.41) is 6.14. The quantitative estimate of drug-likeness (QED) is 0.197. The average Bonchev–Trinajstić information content (AvgIpc) is 3.82. The van der Waals surface area contributed by atoms with E-state index < -0.39 is 0 Å². The Morgan fingerprint density at radius 3 is 1.83 bits per heavy atom. The van der Waals surface area contributed by atoms with Gasteiger partial charge in [-0.1, -0.05) is 91.0 Å². The van der Waals surface area contributed by atoms with Gasteiger partial charge in [-0.05, 0) is 72.3 Å². The van der Waals surface area contributed by atoms with E-state index >= 15 is 0 Å². The molecule has 0 aliphatic heterocycles. The fraction of sp³-hybridized carbons (Fsp3) is 0. The third-order valence-electron chi connectivity index (χ3n) is 9.52. The molecule has 0 atom stereocenters. The molecule has 0 spiro atoms. The van der Waals surface area contributed by atoms with Gasteiger partial charge in [0.25, 0.3) is 0 Å². The van der Waals surface area contributed by atoms with Crippen molar-refractivity contribution in [3.63, 3.8) is 0 Å². The summed E-state index contributed by atoms with van der Waals surface area (Å²) in [4.78, 5) is 5.03. The maximum atomic E-state index is 5.03. The van der Waals surface area contributed by atoms with Gasteiger partial charge >= 0.3 is 0 Å². The summed E-state index contributed by atoms with van der Waals surface area (Å²) >= 11 is 0. The van der Waals surface area contributed by atoms with E-state index in [1.54, 1.807) is 0 Å². The minimum absolute atomic E-state index is 0.903. The van der Waals surface area contributed by atoms with Crippen LogP contribution in [0.5, 0.6) is 0 Å². The second-order valence-electron chi connectivity index (χ2n) is 12.1. The summed E-state index contributed by atoms with van der Waals surface area (Å²) in [5.41, 5.74) is 10.4. The van der Waals surface area contributed by atoms with Gasteiger partial charge in [0, 0.05) is 56.3 Å². The van der Waals surface area contributed by atoms with Gasteiger partial charge < -0.3 is 9.13 Å². The maximum absolute atomic E-state index is 5.03. The molecule has 0 unspecified atom stereocenters. The summed E-state index contributed by atoms with van der Waals surface area (Å²) in [6.07, 6.45) is 4.17. The number of para-hydroxylation sites is 3. The molecular weight excluding hydrogens is 573 g/mol. The molecule has 4 aromatic heterocycles. The average molecular weight is 601 g/mol. The molecule has 0 amide bonds. The van der Waals surface area contributed by atoms with Crippen LogP contribution < -0.4 is 0 Å². The van der Waals surface area contributed by atoms with Gasteiger partial charge in [-0.25, -0.2) is 4.98 Å². The summed E-state index contributed by atoms with van der Waals surface area (Å²) in [6, 6.07) is 56.3. The molecule has 10 aromatic rings. The first-order chi connectivity index (χ1) is 23.3. The van der Waals surface area contributed by atoms with E-state index in [1.165, 1.54) is 43.5 Å². The fourth-order valence-electron chi connectivity index (χ4n) is 7.41. The molecule has 47 heavy (non-hydrogen) atoms. The molecule has 0 saturated carbocycles. The second-order valence-corrected chi connectivity index (χ2v) is 12.1. The Morgan fingerprint density at radius 1 is 0.383 bits per heavy atom. The summed E-state index contributed by atoms with van der Waals surface area (Å²) in [6.45, 7) is 0. The number of hydrogen-bond acceptors (Lipinski definition) is 1. The highest BCUT2D eigenvalue weighted by Gasteiger charge is 2.21. The normalized spacial score (nSPS) is 11.8. The van der Waals surface area contributed by atoms with Crippen LogP contribution in [0.1, 0.15) is 0 Å². The number of fused-ring (bicyclic) bond motifs is 8. The van der Waals surface area contributed by atoms with Crippen LogP contribution in [-0.4, -0.2) is 18.7 Å². The molecule has 0 N–H and O–H groups in total. The topological polar surface area (TPSA) is 27.7 Å².